The zero-order valence-electron chi connectivity index (χ0n) is 10.4. The molecule has 0 spiro atoms. The van der Waals surface area contributed by atoms with Crippen molar-refractivity contribution in [3.63, 3.8) is 0 Å². The van der Waals surface area contributed by atoms with Gasteiger partial charge in [0.2, 0.25) is 0 Å². The fourth-order valence-electron chi connectivity index (χ4n) is 1.40. The molecule has 0 heterocycles. The molecular formula is C12H14F3NOSi. The summed E-state index contributed by atoms with van der Waals surface area (Å²) in [5.41, 5.74) is -0.519. The number of hydrogen-bond donors (Lipinski definition) is 0. The van der Waals surface area contributed by atoms with Crippen molar-refractivity contribution >= 4 is 8.32 Å². The summed E-state index contributed by atoms with van der Waals surface area (Å²) < 4.78 is 43.2. The van der Waals surface area contributed by atoms with Crippen LogP contribution in [0.15, 0.2) is 24.3 Å². The molecule has 18 heavy (non-hydrogen) atoms. The summed E-state index contributed by atoms with van der Waals surface area (Å²) in [7, 11) is -1.99. The largest absolute Gasteiger partial charge is 0.416 e. The van der Waals surface area contributed by atoms with E-state index < -0.39 is 26.2 Å². The highest BCUT2D eigenvalue weighted by atomic mass is 28.4. The van der Waals surface area contributed by atoms with Gasteiger partial charge in [0.25, 0.3) is 0 Å². The Bertz CT molecular complexity index is 460. The molecule has 6 heteroatoms. The summed E-state index contributed by atoms with van der Waals surface area (Å²) in [6.45, 7) is 5.64. The Balaban J connectivity index is 3.06. The lowest BCUT2D eigenvalue weighted by Crippen LogP contribution is -2.27. The van der Waals surface area contributed by atoms with Gasteiger partial charge in [-0.25, -0.2) is 0 Å². The van der Waals surface area contributed by atoms with Gasteiger partial charge in [0.15, 0.2) is 14.4 Å². The van der Waals surface area contributed by atoms with Crippen LogP contribution in [0.1, 0.15) is 17.2 Å². The van der Waals surface area contributed by atoms with E-state index in [0.717, 1.165) is 12.1 Å². The molecule has 0 aliphatic rings. The topological polar surface area (TPSA) is 33.0 Å². The summed E-state index contributed by atoms with van der Waals surface area (Å²) in [5.74, 6) is 0. The first-order valence-corrected chi connectivity index (χ1v) is 8.79. The Kier molecular flexibility index (Phi) is 4.19. The molecule has 1 aromatic rings. The maximum absolute atomic E-state index is 12.6. The average Bonchev–Trinajstić information content (AvgIpc) is 2.23. The molecule has 1 aromatic carbocycles. The summed E-state index contributed by atoms with van der Waals surface area (Å²) in [4.78, 5) is 0. The molecule has 0 saturated heterocycles. The lowest BCUT2D eigenvalue weighted by atomic mass is 10.1. The van der Waals surface area contributed by atoms with Crippen molar-refractivity contribution < 1.29 is 17.6 Å². The molecule has 0 unspecified atom stereocenters. The standard InChI is InChI=1S/C12H14F3NOSi/c1-18(2,3)17-11(8-16)9-5-4-6-10(7-9)12(13,14)15/h4-7,11H,1-3H3/t11-/m1/s1. The Morgan fingerprint density at radius 2 is 1.89 bits per heavy atom. The van der Waals surface area contributed by atoms with Crippen LogP contribution in [0.5, 0.6) is 0 Å². The van der Waals surface area contributed by atoms with Gasteiger partial charge >= 0.3 is 6.18 Å². The van der Waals surface area contributed by atoms with Crippen LogP contribution < -0.4 is 0 Å². The van der Waals surface area contributed by atoms with Gasteiger partial charge in [-0.15, -0.1) is 0 Å². The van der Waals surface area contributed by atoms with Crippen LogP contribution in [-0.4, -0.2) is 8.32 Å². The molecule has 98 valence electrons. The van der Waals surface area contributed by atoms with E-state index in [1.54, 1.807) is 0 Å². The number of nitriles is 1. The molecule has 0 aliphatic carbocycles. The van der Waals surface area contributed by atoms with E-state index in [2.05, 4.69) is 0 Å². The third kappa shape index (κ3) is 4.16. The summed E-state index contributed by atoms with van der Waals surface area (Å²) >= 11 is 0. The monoisotopic (exact) mass is 273 g/mol. The highest BCUT2D eigenvalue weighted by molar-refractivity contribution is 6.69. The van der Waals surface area contributed by atoms with Crippen LogP contribution in [0.3, 0.4) is 0 Å². The van der Waals surface area contributed by atoms with Crippen LogP contribution in [-0.2, 0) is 10.6 Å². The Morgan fingerprint density at radius 3 is 2.33 bits per heavy atom. The fraction of sp³-hybridized carbons (Fsp3) is 0.417. The molecule has 0 N–H and O–H groups in total. The van der Waals surface area contributed by atoms with Crippen molar-refractivity contribution in [3.05, 3.63) is 35.4 Å². The molecule has 1 atom stereocenters. The first-order valence-electron chi connectivity index (χ1n) is 5.38. The third-order valence-electron chi connectivity index (χ3n) is 2.11. The molecule has 0 fully saturated rings. The van der Waals surface area contributed by atoms with E-state index >= 15 is 0 Å². The van der Waals surface area contributed by atoms with Crippen LogP contribution in [0, 0.1) is 11.3 Å². The second-order valence-electron chi connectivity index (χ2n) is 4.86. The molecule has 0 aliphatic heterocycles. The lowest BCUT2D eigenvalue weighted by molar-refractivity contribution is -0.137. The highest BCUT2D eigenvalue weighted by Gasteiger charge is 2.31. The van der Waals surface area contributed by atoms with Crippen LogP contribution in [0.25, 0.3) is 0 Å². The zero-order chi connectivity index (χ0) is 14.0. The number of halogens is 3. The zero-order valence-corrected chi connectivity index (χ0v) is 11.4. The first kappa shape index (κ1) is 14.7. The Morgan fingerprint density at radius 1 is 1.28 bits per heavy atom. The predicted octanol–water partition coefficient (Wildman–Crippen LogP) is 4.12. The van der Waals surface area contributed by atoms with E-state index in [0.29, 0.717) is 0 Å². The van der Waals surface area contributed by atoms with Gasteiger partial charge in [-0.2, -0.15) is 18.4 Å². The summed E-state index contributed by atoms with van der Waals surface area (Å²) in [6, 6.07) is 6.61. The molecule has 0 radical (unpaired) electrons. The predicted molar refractivity (Wildman–Crippen MR) is 64.2 cm³/mol. The summed E-state index contributed by atoms with van der Waals surface area (Å²) in [5, 5.41) is 9.00. The van der Waals surface area contributed by atoms with E-state index in [-0.39, 0.29) is 5.56 Å². The molecular weight excluding hydrogens is 259 g/mol. The molecule has 0 saturated carbocycles. The fourth-order valence-corrected chi connectivity index (χ4v) is 2.30. The minimum Gasteiger partial charge on any atom is -0.399 e. The van der Waals surface area contributed by atoms with Crippen molar-refractivity contribution in [1.82, 2.24) is 0 Å². The van der Waals surface area contributed by atoms with Gasteiger partial charge < -0.3 is 4.43 Å². The van der Waals surface area contributed by atoms with Crippen molar-refractivity contribution in [2.24, 2.45) is 0 Å². The number of benzene rings is 1. The van der Waals surface area contributed by atoms with Gasteiger partial charge in [-0.05, 0) is 37.3 Å². The SMILES string of the molecule is C[Si](C)(C)O[C@H](C#N)c1cccc(C(F)(F)F)c1. The Labute approximate surface area is 105 Å². The first-order chi connectivity index (χ1) is 8.13. The second kappa shape index (κ2) is 5.12. The van der Waals surface area contributed by atoms with E-state index in [4.69, 9.17) is 9.69 Å². The van der Waals surface area contributed by atoms with E-state index in [1.807, 2.05) is 25.7 Å². The maximum Gasteiger partial charge on any atom is 0.416 e. The maximum atomic E-state index is 12.6. The van der Waals surface area contributed by atoms with Crippen molar-refractivity contribution in [2.75, 3.05) is 0 Å². The number of hydrogen-bond acceptors (Lipinski definition) is 2. The van der Waals surface area contributed by atoms with Gasteiger partial charge in [0.05, 0.1) is 11.6 Å². The van der Waals surface area contributed by atoms with Crippen LogP contribution in [0.2, 0.25) is 19.6 Å². The second-order valence-corrected chi connectivity index (χ2v) is 9.32. The van der Waals surface area contributed by atoms with Gasteiger partial charge in [-0.3, -0.25) is 0 Å². The van der Waals surface area contributed by atoms with Gasteiger partial charge in [0, 0.05) is 0 Å². The average molecular weight is 273 g/mol. The molecule has 0 bridgehead atoms. The molecule has 0 amide bonds. The smallest absolute Gasteiger partial charge is 0.399 e. The van der Waals surface area contributed by atoms with E-state index in [9.17, 15) is 13.2 Å². The van der Waals surface area contributed by atoms with Gasteiger partial charge in [0.1, 0.15) is 0 Å². The number of nitrogens with zero attached hydrogens (tertiary/aromatic N) is 1. The number of rotatable bonds is 3. The van der Waals surface area contributed by atoms with Crippen molar-refractivity contribution in [1.29, 1.82) is 5.26 Å². The lowest BCUT2D eigenvalue weighted by Gasteiger charge is -2.22. The normalized spacial score (nSPS) is 14.1. The molecule has 1 rings (SSSR count). The van der Waals surface area contributed by atoms with Crippen LogP contribution in [0.4, 0.5) is 13.2 Å². The van der Waals surface area contributed by atoms with Crippen molar-refractivity contribution in [2.45, 2.75) is 31.9 Å². The minimum absolute atomic E-state index is 0.245. The highest BCUT2D eigenvalue weighted by Crippen LogP contribution is 2.31. The Hall–Kier alpha value is -1.32. The molecule has 2 nitrogen and oxygen atoms in total. The van der Waals surface area contributed by atoms with E-state index in [1.165, 1.54) is 12.1 Å². The minimum atomic E-state index is -4.41. The van der Waals surface area contributed by atoms with Gasteiger partial charge in [-0.1, -0.05) is 12.1 Å². The summed E-state index contributed by atoms with van der Waals surface area (Å²) in [6.07, 6.45) is -5.35. The quantitative estimate of drug-likeness (QED) is 0.776. The number of alkyl halides is 3. The third-order valence-corrected chi connectivity index (χ3v) is 3.05. The molecule has 0 aromatic heterocycles. The van der Waals surface area contributed by atoms with Crippen LogP contribution >= 0.6 is 0 Å². The van der Waals surface area contributed by atoms with Crippen molar-refractivity contribution in [3.8, 4) is 6.07 Å².